The van der Waals surface area contributed by atoms with Crippen LogP contribution in [0.25, 0.3) is 0 Å². The van der Waals surface area contributed by atoms with E-state index in [4.69, 9.17) is 0 Å². The molecule has 1 fully saturated rings. The van der Waals surface area contributed by atoms with Crippen LogP contribution in [0.5, 0.6) is 0 Å². The quantitative estimate of drug-likeness (QED) is 0.544. The summed E-state index contributed by atoms with van der Waals surface area (Å²) in [5.41, 5.74) is -0.212. The van der Waals surface area contributed by atoms with Crippen molar-refractivity contribution in [3.8, 4) is 0 Å². The average molecular weight is 168 g/mol. The Labute approximate surface area is 69.6 Å². The van der Waals surface area contributed by atoms with Crippen molar-refractivity contribution in [3.05, 3.63) is 16.3 Å². The standard InChI is InChI=1S/C7H12N4O/c12-7-9-6(10-11-7)3-5-1-2-8-4-5/h5,8H,1-4H2,(H2,9,10,11,12). The molecule has 1 unspecified atom stereocenters. The smallest absolute Gasteiger partial charge is 0.316 e. The number of nitrogens with zero attached hydrogens (tertiary/aromatic N) is 1. The zero-order valence-electron chi connectivity index (χ0n) is 6.76. The molecule has 0 amide bonds. The average Bonchev–Trinajstić information content (AvgIpc) is 2.63. The van der Waals surface area contributed by atoms with Gasteiger partial charge in [-0.2, -0.15) is 5.10 Å². The molecule has 12 heavy (non-hydrogen) atoms. The number of rotatable bonds is 2. The van der Waals surface area contributed by atoms with Crippen LogP contribution in [0.1, 0.15) is 12.2 Å². The van der Waals surface area contributed by atoms with Crippen LogP contribution in [-0.4, -0.2) is 28.3 Å². The molecule has 3 N–H and O–H groups in total. The van der Waals surface area contributed by atoms with Crippen LogP contribution in [0, 0.1) is 5.92 Å². The maximum absolute atomic E-state index is 10.7. The van der Waals surface area contributed by atoms with Gasteiger partial charge in [-0.15, -0.1) is 0 Å². The first kappa shape index (κ1) is 7.54. The molecule has 5 heteroatoms. The summed E-state index contributed by atoms with van der Waals surface area (Å²) in [4.78, 5) is 13.3. The van der Waals surface area contributed by atoms with Gasteiger partial charge in [0.25, 0.3) is 0 Å². The zero-order chi connectivity index (χ0) is 8.39. The Kier molecular flexibility index (Phi) is 1.95. The van der Waals surface area contributed by atoms with Crippen LogP contribution in [0.3, 0.4) is 0 Å². The van der Waals surface area contributed by atoms with Crippen molar-refractivity contribution in [2.45, 2.75) is 12.8 Å². The predicted octanol–water partition coefficient (Wildman–Crippen LogP) is -0.750. The molecule has 0 spiro atoms. The van der Waals surface area contributed by atoms with Crippen LogP contribution in [-0.2, 0) is 6.42 Å². The van der Waals surface area contributed by atoms with Crippen LogP contribution < -0.4 is 11.0 Å². The zero-order valence-corrected chi connectivity index (χ0v) is 6.76. The molecule has 1 aliphatic rings. The lowest BCUT2D eigenvalue weighted by Crippen LogP contribution is -2.11. The minimum Gasteiger partial charge on any atom is -0.316 e. The summed E-state index contributed by atoms with van der Waals surface area (Å²) in [6, 6.07) is 0. The number of aromatic amines is 2. The summed E-state index contributed by atoms with van der Waals surface area (Å²) in [5.74, 6) is 1.40. The topological polar surface area (TPSA) is 73.6 Å². The van der Waals surface area contributed by atoms with E-state index >= 15 is 0 Å². The van der Waals surface area contributed by atoms with Gasteiger partial charge in [0.1, 0.15) is 5.82 Å². The van der Waals surface area contributed by atoms with Gasteiger partial charge in [0, 0.05) is 6.42 Å². The van der Waals surface area contributed by atoms with Crippen molar-refractivity contribution < 1.29 is 0 Å². The molecular formula is C7H12N4O. The molecule has 5 nitrogen and oxygen atoms in total. The summed E-state index contributed by atoms with van der Waals surface area (Å²) in [7, 11) is 0. The monoisotopic (exact) mass is 168 g/mol. The highest BCUT2D eigenvalue weighted by Gasteiger charge is 2.16. The first-order valence-corrected chi connectivity index (χ1v) is 4.19. The van der Waals surface area contributed by atoms with E-state index in [9.17, 15) is 4.79 Å². The van der Waals surface area contributed by atoms with Gasteiger partial charge in [-0.05, 0) is 25.4 Å². The fourth-order valence-corrected chi connectivity index (χ4v) is 1.56. The minimum atomic E-state index is -0.212. The van der Waals surface area contributed by atoms with Crippen LogP contribution >= 0.6 is 0 Å². The predicted molar refractivity (Wildman–Crippen MR) is 43.9 cm³/mol. The first-order chi connectivity index (χ1) is 5.84. The molecule has 1 aliphatic heterocycles. The highest BCUT2D eigenvalue weighted by molar-refractivity contribution is 4.86. The maximum atomic E-state index is 10.7. The Balaban J connectivity index is 1.98. The van der Waals surface area contributed by atoms with Gasteiger partial charge in [0.15, 0.2) is 0 Å². The molecule has 66 valence electrons. The van der Waals surface area contributed by atoms with E-state index in [-0.39, 0.29) is 5.69 Å². The molecule has 0 saturated carbocycles. The van der Waals surface area contributed by atoms with E-state index in [1.807, 2.05) is 0 Å². The second-order valence-corrected chi connectivity index (χ2v) is 3.19. The largest absolute Gasteiger partial charge is 0.340 e. The first-order valence-electron chi connectivity index (χ1n) is 4.19. The Hall–Kier alpha value is -1.10. The second kappa shape index (κ2) is 3.10. The molecule has 1 aromatic rings. The summed E-state index contributed by atoms with van der Waals surface area (Å²) >= 11 is 0. The Morgan fingerprint density at radius 1 is 1.58 bits per heavy atom. The molecule has 0 radical (unpaired) electrons. The number of nitrogens with one attached hydrogen (secondary N) is 3. The minimum absolute atomic E-state index is 0.212. The second-order valence-electron chi connectivity index (χ2n) is 3.19. The Bertz CT molecular complexity index is 296. The van der Waals surface area contributed by atoms with Gasteiger partial charge >= 0.3 is 5.69 Å². The summed E-state index contributed by atoms with van der Waals surface area (Å²) in [6.45, 7) is 2.12. The number of hydrogen-bond acceptors (Lipinski definition) is 3. The third kappa shape index (κ3) is 1.55. The molecule has 1 saturated heterocycles. The van der Waals surface area contributed by atoms with Crippen molar-refractivity contribution in [2.24, 2.45) is 5.92 Å². The van der Waals surface area contributed by atoms with Crippen molar-refractivity contribution in [1.82, 2.24) is 20.5 Å². The van der Waals surface area contributed by atoms with E-state index in [1.54, 1.807) is 0 Å². The maximum Gasteiger partial charge on any atom is 0.340 e. The van der Waals surface area contributed by atoms with Crippen molar-refractivity contribution in [3.63, 3.8) is 0 Å². The van der Waals surface area contributed by atoms with E-state index in [1.165, 1.54) is 6.42 Å². The van der Waals surface area contributed by atoms with E-state index < -0.39 is 0 Å². The lowest BCUT2D eigenvalue weighted by atomic mass is 10.1. The van der Waals surface area contributed by atoms with Gasteiger partial charge in [-0.3, -0.25) is 4.98 Å². The van der Waals surface area contributed by atoms with Gasteiger partial charge in [-0.25, -0.2) is 9.89 Å². The molecule has 1 aromatic heterocycles. The van der Waals surface area contributed by atoms with E-state index in [0.717, 1.165) is 25.3 Å². The number of hydrogen-bond donors (Lipinski definition) is 3. The molecule has 0 bridgehead atoms. The van der Waals surface area contributed by atoms with Crippen molar-refractivity contribution in [1.29, 1.82) is 0 Å². The number of H-pyrrole nitrogens is 2. The van der Waals surface area contributed by atoms with Gasteiger partial charge in [0.05, 0.1) is 0 Å². The molecule has 0 aromatic carbocycles. The molecule has 2 rings (SSSR count). The highest BCUT2D eigenvalue weighted by Crippen LogP contribution is 2.10. The van der Waals surface area contributed by atoms with E-state index in [2.05, 4.69) is 20.5 Å². The van der Waals surface area contributed by atoms with Crippen LogP contribution in [0.4, 0.5) is 0 Å². The summed E-state index contributed by atoms with van der Waals surface area (Å²) in [6.07, 6.45) is 2.04. The van der Waals surface area contributed by atoms with Gasteiger partial charge in [0.2, 0.25) is 0 Å². The summed E-state index contributed by atoms with van der Waals surface area (Å²) in [5, 5.41) is 9.49. The third-order valence-electron chi connectivity index (χ3n) is 2.19. The van der Waals surface area contributed by atoms with Crippen molar-refractivity contribution >= 4 is 0 Å². The van der Waals surface area contributed by atoms with E-state index in [0.29, 0.717) is 5.92 Å². The van der Waals surface area contributed by atoms with Crippen LogP contribution in [0.15, 0.2) is 4.79 Å². The molecule has 0 aliphatic carbocycles. The summed E-state index contributed by atoms with van der Waals surface area (Å²) < 4.78 is 0. The Morgan fingerprint density at radius 2 is 2.50 bits per heavy atom. The highest BCUT2D eigenvalue weighted by atomic mass is 16.1. The van der Waals surface area contributed by atoms with Gasteiger partial charge in [-0.1, -0.05) is 0 Å². The lowest BCUT2D eigenvalue weighted by Gasteiger charge is -2.02. The molecular weight excluding hydrogens is 156 g/mol. The molecule has 2 heterocycles. The number of aromatic nitrogens is 3. The lowest BCUT2D eigenvalue weighted by molar-refractivity contribution is 0.562. The fourth-order valence-electron chi connectivity index (χ4n) is 1.56. The third-order valence-corrected chi connectivity index (χ3v) is 2.19. The normalized spacial score (nSPS) is 23.2. The van der Waals surface area contributed by atoms with Crippen molar-refractivity contribution in [2.75, 3.05) is 13.1 Å². The van der Waals surface area contributed by atoms with Gasteiger partial charge < -0.3 is 5.32 Å². The fraction of sp³-hybridized carbons (Fsp3) is 0.714. The van der Waals surface area contributed by atoms with Crippen LogP contribution in [0.2, 0.25) is 0 Å². The molecule has 1 atom stereocenters. The Morgan fingerprint density at radius 3 is 3.08 bits per heavy atom. The SMILES string of the molecule is O=c1[nH]nc(CC2CCNC2)[nH]1.